The molecule has 2 aromatic rings. The summed E-state index contributed by atoms with van der Waals surface area (Å²) in [5.74, 6) is 1.01. The summed E-state index contributed by atoms with van der Waals surface area (Å²) in [5.41, 5.74) is 6.82. The van der Waals surface area contributed by atoms with Crippen LogP contribution in [0.15, 0.2) is 28.1 Å². The molecule has 0 unspecified atom stereocenters. The Morgan fingerprint density at radius 2 is 2.24 bits per heavy atom. The van der Waals surface area contributed by atoms with Crippen LogP contribution in [-0.4, -0.2) is 38.2 Å². The van der Waals surface area contributed by atoms with Gasteiger partial charge in [0, 0.05) is 23.2 Å². The molecular formula is C13H15ClN4O2S. The lowest BCUT2D eigenvalue weighted by atomic mass is 10.2. The molecule has 0 aliphatic carbocycles. The minimum atomic E-state index is -3.45. The summed E-state index contributed by atoms with van der Waals surface area (Å²) in [6.07, 6.45) is 1.15. The zero-order valence-electron chi connectivity index (χ0n) is 11.4. The molecule has 6 nitrogen and oxygen atoms in total. The molecule has 2 heterocycles. The van der Waals surface area contributed by atoms with Crippen molar-refractivity contribution < 1.29 is 8.42 Å². The number of nitrogens with one attached hydrogen (secondary N) is 1. The van der Waals surface area contributed by atoms with Crippen LogP contribution < -0.4 is 11.1 Å². The summed E-state index contributed by atoms with van der Waals surface area (Å²) in [4.78, 5) is 4.45. The molecule has 21 heavy (non-hydrogen) atoms. The number of sulfone groups is 1. The lowest BCUT2D eigenvalue weighted by molar-refractivity contribution is 0.602. The van der Waals surface area contributed by atoms with Gasteiger partial charge in [-0.15, -0.1) is 0 Å². The molecule has 0 fully saturated rings. The maximum absolute atomic E-state index is 12.0. The number of aromatic nitrogens is 1. The highest BCUT2D eigenvalue weighted by molar-refractivity contribution is 7.91. The van der Waals surface area contributed by atoms with E-state index < -0.39 is 9.84 Å². The number of anilines is 1. The molecule has 0 saturated carbocycles. The summed E-state index contributed by atoms with van der Waals surface area (Å²) in [5, 5.41) is 4.17. The monoisotopic (exact) mass is 326 g/mol. The van der Waals surface area contributed by atoms with Gasteiger partial charge in [0.15, 0.2) is 9.84 Å². The van der Waals surface area contributed by atoms with Gasteiger partial charge in [-0.3, -0.25) is 4.99 Å². The van der Waals surface area contributed by atoms with Crippen molar-refractivity contribution in [2.24, 2.45) is 4.99 Å². The second-order valence-corrected chi connectivity index (χ2v) is 7.38. The zero-order valence-corrected chi connectivity index (χ0v) is 13.0. The molecule has 3 N–H and O–H groups in total. The fraction of sp³-hybridized carbons (Fsp3) is 0.308. The third-order valence-electron chi connectivity index (χ3n) is 3.44. The second-order valence-electron chi connectivity index (χ2n) is 4.99. The van der Waals surface area contributed by atoms with Crippen LogP contribution in [0.2, 0.25) is 5.02 Å². The van der Waals surface area contributed by atoms with Gasteiger partial charge in [-0.25, -0.2) is 8.42 Å². The largest absolute Gasteiger partial charge is 0.384 e. The number of hydrogen-bond acceptors (Lipinski definition) is 5. The van der Waals surface area contributed by atoms with E-state index in [1.165, 1.54) is 0 Å². The zero-order chi connectivity index (χ0) is 15.2. The highest BCUT2D eigenvalue weighted by Crippen LogP contribution is 2.34. The number of rotatable bonds is 3. The van der Waals surface area contributed by atoms with E-state index in [4.69, 9.17) is 17.3 Å². The predicted octanol–water partition coefficient (Wildman–Crippen LogP) is 1.28. The standard InChI is InChI=1S/C13H15ClN4O2S/c1-21(19,20)12-9-6-8(14)2-3-10(9)18(13(12)15)7-11-16-4-5-17-11/h2-3,6H,4-5,7,15H2,1H3,(H,16,17). The molecule has 0 radical (unpaired) electrons. The highest BCUT2D eigenvalue weighted by atomic mass is 35.5. The van der Waals surface area contributed by atoms with E-state index in [1.54, 1.807) is 22.8 Å². The summed E-state index contributed by atoms with van der Waals surface area (Å²) in [6, 6.07) is 5.12. The van der Waals surface area contributed by atoms with E-state index in [0.29, 0.717) is 17.0 Å². The predicted molar refractivity (Wildman–Crippen MR) is 84.8 cm³/mol. The first kappa shape index (κ1) is 14.2. The first-order valence-electron chi connectivity index (χ1n) is 6.42. The van der Waals surface area contributed by atoms with Crippen LogP contribution in [0.25, 0.3) is 10.9 Å². The van der Waals surface area contributed by atoms with E-state index in [9.17, 15) is 8.42 Å². The minimum absolute atomic E-state index is 0.124. The van der Waals surface area contributed by atoms with Gasteiger partial charge in [0.2, 0.25) is 0 Å². The normalized spacial score (nSPS) is 15.2. The fourth-order valence-electron chi connectivity index (χ4n) is 2.58. The lowest BCUT2D eigenvalue weighted by Gasteiger charge is -2.08. The molecule has 1 aliphatic heterocycles. The number of hydrogen-bond donors (Lipinski definition) is 2. The van der Waals surface area contributed by atoms with Gasteiger partial charge in [0.05, 0.1) is 18.6 Å². The summed E-state index contributed by atoms with van der Waals surface area (Å²) < 4.78 is 25.8. The van der Waals surface area contributed by atoms with Crippen molar-refractivity contribution in [2.45, 2.75) is 11.4 Å². The molecule has 1 aromatic heterocycles. The Morgan fingerprint density at radius 3 is 2.86 bits per heavy atom. The van der Waals surface area contributed by atoms with Gasteiger partial charge in [-0.1, -0.05) is 11.6 Å². The van der Waals surface area contributed by atoms with Crippen LogP contribution in [0.4, 0.5) is 5.82 Å². The fourth-order valence-corrected chi connectivity index (χ4v) is 3.80. The first-order valence-corrected chi connectivity index (χ1v) is 8.69. The van der Waals surface area contributed by atoms with Gasteiger partial charge < -0.3 is 15.6 Å². The van der Waals surface area contributed by atoms with Crippen molar-refractivity contribution >= 4 is 44.0 Å². The average Bonchev–Trinajstić information content (AvgIpc) is 2.96. The minimum Gasteiger partial charge on any atom is -0.384 e. The Bertz CT molecular complexity index is 855. The van der Waals surface area contributed by atoms with E-state index in [-0.39, 0.29) is 10.7 Å². The molecule has 0 atom stereocenters. The van der Waals surface area contributed by atoms with Crippen LogP contribution in [0.5, 0.6) is 0 Å². The molecule has 0 amide bonds. The van der Waals surface area contributed by atoms with E-state index in [2.05, 4.69) is 10.3 Å². The average molecular weight is 327 g/mol. The summed E-state index contributed by atoms with van der Waals surface area (Å²) in [7, 11) is -3.45. The Balaban J connectivity index is 2.27. The number of nitrogens with two attached hydrogens (primary N) is 1. The summed E-state index contributed by atoms with van der Waals surface area (Å²) in [6.45, 7) is 1.93. The van der Waals surface area contributed by atoms with Crippen LogP contribution in [0, 0.1) is 0 Å². The van der Waals surface area contributed by atoms with Gasteiger partial charge in [-0.05, 0) is 18.2 Å². The van der Waals surface area contributed by atoms with Gasteiger partial charge in [0.1, 0.15) is 16.5 Å². The van der Waals surface area contributed by atoms with E-state index >= 15 is 0 Å². The third-order valence-corrected chi connectivity index (χ3v) is 4.85. The maximum atomic E-state index is 12.0. The lowest BCUT2D eigenvalue weighted by Crippen LogP contribution is -2.24. The Labute approximate surface area is 127 Å². The molecule has 112 valence electrons. The van der Waals surface area contributed by atoms with Crippen molar-refractivity contribution in [3.8, 4) is 0 Å². The van der Waals surface area contributed by atoms with Crippen molar-refractivity contribution in [1.82, 2.24) is 9.88 Å². The van der Waals surface area contributed by atoms with Gasteiger partial charge in [0.25, 0.3) is 0 Å². The number of amidine groups is 1. The van der Waals surface area contributed by atoms with Crippen LogP contribution in [-0.2, 0) is 16.4 Å². The van der Waals surface area contributed by atoms with E-state index in [0.717, 1.165) is 30.7 Å². The Kier molecular flexibility index (Phi) is 3.33. The van der Waals surface area contributed by atoms with Crippen molar-refractivity contribution in [3.63, 3.8) is 0 Å². The highest BCUT2D eigenvalue weighted by Gasteiger charge is 2.23. The molecule has 0 saturated heterocycles. The van der Waals surface area contributed by atoms with Gasteiger partial charge >= 0.3 is 0 Å². The number of fused-ring (bicyclic) bond motifs is 1. The number of nitrogens with zero attached hydrogens (tertiary/aromatic N) is 2. The molecule has 8 heteroatoms. The van der Waals surface area contributed by atoms with Crippen molar-refractivity contribution in [2.75, 3.05) is 25.1 Å². The number of halogens is 1. The van der Waals surface area contributed by atoms with Crippen LogP contribution in [0.1, 0.15) is 0 Å². The first-order chi connectivity index (χ1) is 9.88. The molecule has 3 rings (SSSR count). The van der Waals surface area contributed by atoms with Crippen molar-refractivity contribution in [1.29, 1.82) is 0 Å². The Morgan fingerprint density at radius 1 is 1.48 bits per heavy atom. The molecule has 0 spiro atoms. The molecule has 1 aromatic carbocycles. The molecule has 1 aliphatic rings. The van der Waals surface area contributed by atoms with E-state index in [1.807, 2.05) is 0 Å². The Hall–Kier alpha value is -1.73. The number of benzene rings is 1. The molecular weight excluding hydrogens is 312 g/mol. The SMILES string of the molecule is CS(=O)(=O)c1c(N)n(CC2=NCCN2)c2ccc(Cl)cc12. The van der Waals surface area contributed by atoms with Crippen LogP contribution >= 0.6 is 11.6 Å². The topological polar surface area (TPSA) is 89.5 Å². The second kappa shape index (κ2) is 4.92. The number of nitrogen functional groups attached to an aromatic ring is 1. The number of aliphatic imine (C=N–C) groups is 1. The quantitative estimate of drug-likeness (QED) is 0.889. The smallest absolute Gasteiger partial charge is 0.179 e. The van der Waals surface area contributed by atoms with Crippen LogP contribution in [0.3, 0.4) is 0 Å². The maximum Gasteiger partial charge on any atom is 0.179 e. The van der Waals surface area contributed by atoms with Crippen molar-refractivity contribution in [3.05, 3.63) is 23.2 Å². The molecule has 0 bridgehead atoms. The third kappa shape index (κ3) is 2.47. The van der Waals surface area contributed by atoms with Gasteiger partial charge in [-0.2, -0.15) is 0 Å². The summed E-state index contributed by atoms with van der Waals surface area (Å²) >= 11 is 5.99.